The number of hydrogen-bond acceptors (Lipinski definition) is 3. The van der Waals surface area contributed by atoms with Gasteiger partial charge in [0.25, 0.3) is 0 Å². The maximum Gasteiger partial charge on any atom is 0.242 e. The molecule has 2 aromatic carbocycles. The fourth-order valence-corrected chi connectivity index (χ4v) is 3.28. The standard InChI is InChI=1S/C15H14Cl2N2O3S/c1-10(15(20)18-14-5-3-2-4-13(14)17)19-23(21,22)12-8-6-11(16)7-9-12/h2-10,19H,1H3,(H,18,20)/t10-/m1/s1. The normalized spacial score (nSPS) is 12.7. The molecular formula is C15H14Cl2N2O3S. The van der Waals surface area contributed by atoms with Gasteiger partial charge in [-0.2, -0.15) is 4.72 Å². The Hall–Kier alpha value is -1.60. The molecule has 2 rings (SSSR count). The van der Waals surface area contributed by atoms with E-state index in [0.717, 1.165) is 0 Å². The Morgan fingerprint density at radius 1 is 1.04 bits per heavy atom. The van der Waals surface area contributed by atoms with E-state index in [0.29, 0.717) is 15.7 Å². The first kappa shape index (κ1) is 17.7. The first-order valence-corrected chi connectivity index (χ1v) is 8.87. The highest BCUT2D eigenvalue weighted by Gasteiger charge is 2.22. The number of carbonyl (C=O) groups excluding carboxylic acids is 1. The van der Waals surface area contributed by atoms with E-state index in [9.17, 15) is 13.2 Å². The quantitative estimate of drug-likeness (QED) is 0.845. The van der Waals surface area contributed by atoms with Crippen molar-refractivity contribution >= 4 is 44.8 Å². The van der Waals surface area contributed by atoms with Crippen LogP contribution in [-0.4, -0.2) is 20.4 Å². The zero-order chi connectivity index (χ0) is 17.0. The third-order valence-electron chi connectivity index (χ3n) is 2.98. The zero-order valence-corrected chi connectivity index (χ0v) is 14.4. The second kappa shape index (κ2) is 7.31. The minimum atomic E-state index is -3.83. The lowest BCUT2D eigenvalue weighted by Gasteiger charge is -2.15. The summed E-state index contributed by atoms with van der Waals surface area (Å²) in [5, 5.41) is 3.37. The van der Waals surface area contributed by atoms with E-state index in [1.54, 1.807) is 24.3 Å². The predicted octanol–water partition coefficient (Wildman–Crippen LogP) is 3.30. The Morgan fingerprint density at radius 3 is 2.26 bits per heavy atom. The minimum absolute atomic E-state index is 0.0271. The number of amides is 1. The summed E-state index contributed by atoms with van der Waals surface area (Å²) in [6.07, 6.45) is 0. The summed E-state index contributed by atoms with van der Waals surface area (Å²) >= 11 is 11.7. The van der Waals surface area contributed by atoms with Crippen molar-refractivity contribution in [2.45, 2.75) is 17.9 Å². The number of nitrogens with one attached hydrogen (secondary N) is 2. The molecule has 0 heterocycles. The van der Waals surface area contributed by atoms with Gasteiger partial charge in [0.05, 0.1) is 21.6 Å². The molecule has 122 valence electrons. The van der Waals surface area contributed by atoms with Gasteiger partial charge in [-0.3, -0.25) is 4.79 Å². The van der Waals surface area contributed by atoms with Gasteiger partial charge in [0, 0.05) is 5.02 Å². The van der Waals surface area contributed by atoms with E-state index >= 15 is 0 Å². The summed E-state index contributed by atoms with van der Waals surface area (Å²) in [4.78, 5) is 12.1. The number of halogens is 2. The predicted molar refractivity (Wildman–Crippen MR) is 91.3 cm³/mol. The van der Waals surface area contributed by atoms with Crippen LogP contribution in [0.3, 0.4) is 0 Å². The number of sulfonamides is 1. The van der Waals surface area contributed by atoms with Crippen LogP contribution in [-0.2, 0) is 14.8 Å². The van der Waals surface area contributed by atoms with Crippen LogP contribution in [0.25, 0.3) is 0 Å². The van der Waals surface area contributed by atoms with Crippen LogP contribution in [0.1, 0.15) is 6.92 Å². The molecule has 0 unspecified atom stereocenters. The van der Waals surface area contributed by atoms with E-state index in [1.807, 2.05) is 0 Å². The third-order valence-corrected chi connectivity index (χ3v) is 5.12. The number of benzene rings is 2. The number of rotatable bonds is 5. The van der Waals surface area contributed by atoms with Crippen molar-refractivity contribution in [1.29, 1.82) is 0 Å². The summed E-state index contributed by atoms with van der Waals surface area (Å²) in [6, 6.07) is 11.4. The van der Waals surface area contributed by atoms with Crippen molar-refractivity contribution in [2.24, 2.45) is 0 Å². The first-order chi connectivity index (χ1) is 10.8. The third kappa shape index (κ3) is 4.68. The van der Waals surface area contributed by atoms with E-state index in [2.05, 4.69) is 10.0 Å². The smallest absolute Gasteiger partial charge is 0.242 e. The monoisotopic (exact) mass is 372 g/mol. The first-order valence-electron chi connectivity index (χ1n) is 6.63. The lowest BCUT2D eigenvalue weighted by Crippen LogP contribution is -2.41. The molecule has 2 N–H and O–H groups in total. The number of para-hydroxylation sites is 1. The lowest BCUT2D eigenvalue weighted by molar-refractivity contribution is -0.117. The van der Waals surface area contributed by atoms with Gasteiger partial charge in [0.2, 0.25) is 15.9 Å². The Balaban J connectivity index is 2.08. The summed E-state index contributed by atoms with van der Waals surface area (Å²) in [7, 11) is -3.83. The highest BCUT2D eigenvalue weighted by atomic mass is 35.5. The minimum Gasteiger partial charge on any atom is -0.323 e. The molecule has 0 aliphatic heterocycles. The van der Waals surface area contributed by atoms with Gasteiger partial charge in [-0.1, -0.05) is 35.3 Å². The maximum absolute atomic E-state index is 12.2. The average Bonchev–Trinajstić information content (AvgIpc) is 2.49. The Labute approximate surface area is 144 Å². The van der Waals surface area contributed by atoms with Crippen LogP contribution in [0.15, 0.2) is 53.4 Å². The van der Waals surface area contributed by atoms with Crippen molar-refractivity contribution in [2.75, 3.05) is 5.32 Å². The average molecular weight is 373 g/mol. The van der Waals surface area contributed by atoms with Crippen LogP contribution in [0, 0.1) is 0 Å². The number of hydrogen-bond donors (Lipinski definition) is 2. The molecular weight excluding hydrogens is 359 g/mol. The van der Waals surface area contributed by atoms with Crippen molar-refractivity contribution in [3.8, 4) is 0 Å². The molecule has 23 heavy (non-hydrogen) atoms. The van der Waals surface area contributed by atoms with Crippen molar-refractivity contribution in [3.63, 3.8) is 0 Å². The van der Waals surface area contributed by atoms with E-state index in [4.69, 9.17) is 23.2 Å². The van der Waals surface area contributed by atoms with Crippen LogP contribution >= 0.6 is 23.2 Å². The van der Waals surface area contributed by atoms with E-state index < -0.39 is 22.0 Å². The Morgan fingerprint density at radius 2 is 1.65 bits per heavy atom. The van der Waals surface area contributed by atoms with Gasteiger partial charge in [-0.15, -0.1) is 0 Å². The molecule has 0 saturated heterocycles. The lowest BCUT2D eigenvalue weighted by atomic mass is 10.3. The van der Waals surface area contributed by atoms with Crippen molar-refractivity contribution < 1.29 is 13.2 Å². The van der Waals surface area contributed by atoms with Gasteiger partial charge < -0.3 is 5.32 Å². The molecule has 0 bridgehead atoms. The summed E-state index contributed by atoms with van der Waals surface area (Å²) in [6.45, 7) is 1.44. The Kier molecular flexibility index (Phi) is 5.64. The van der Waals surface area contributed by atoms with Crippen LogP contribution < -0.4 is 10.0 Å². The molecule has 0 aliphatic rings. The fourth-order valence-electron chi connectivity index (χ4n) is 1.77. The van der Waals surface area contributed by atoms with Gasteiger partial charge in [-0.25, -0.2) is 8.42 Å². The largest absolute Gasteiger partial charge is 0.323 e. The summed E-state index contributed by atoms with van der Waals surface area (Å²) in [5.41, 5.74) is 0.414. The molecule has 0 saturated carbocycles. The summed E-state index contributed by atoms with van der Waals surface area (Å²) in [5.74, 6) is -0.518. The molecule has 2 aromatic rings. The molecule has 8 heteroatoms. The van der Waals surface area contributed by atoms with E-state index in [1.165, 1.54) is 31.2 Å². The molecule has 5 nitrogen and oxygen atoms in total. The molecule has 0 aliphatic carbocycles. The highest BCUT2D eigenvalue weighted by molar-refractivity contribution is 7.89. The fraction of sp³-hybridized carbons (Fsp3) is 0.133. The van der Waals surface area contributed by atoms with Gasteiger partial charge in [0.15, 0.2) is 0 Å². The SMILES string of the molecule is C[C@@H](NS(=O)(=O)c1ccc(Cl)cc1)C(=O)Nc1ccccc1Cl. The number of carbonyl (C=O) groups is 1. The maximum atomic E-state index is 12.2. The highest BCUT2D eigenvalue weighted by Crippen LogP contribution is 2.20. The molecule has 1 atom stereocenters. The molecule has 0 radical (unpaired) electrons. The van der Waals surface area contributed by atoms with Gasteiger partial charge >= 0.3 is 0 Å². The number of anilines is 1. The van der Waals surface area contributed by atoms with Gasteiger partial charge in [0.1, 0.15) is 0 Å². The Bertz CT molecular complexity index is 808. The van der Waals surface area contributed by atoms with Crippen LogP contribution in [0.5, 0.6) is 0 Å². The second-order valence-corrected chi connectivity index (χ2v) is 7.32. The molecule has 0 aromatic heterocycles. The topological polar surface area (TPSA) is 75.3 Å². The van der Waals surface area contributed by atoms with Crippen molar-refractivity contribution in [3.05, 3.63) is 58.6 Å². The van der Waals surface area contributed by atoms with Crippen LogP contribution in [0.2, 0.25) is 10.0 Å². The zero-order valence-electron chi connectivity index (χ0n) is 12.1. The van der Waals surface area contributed by atoms with E-state index in [-0.39, 0.29) is 4.90 Å². The molecule has 0 fully saturated rings. The molecule has 0 spiro atoms. The van der Waals surface area contributed by atoms with Crippen molar-refractivity contribution in [1.82, 2.24) is 4.72 Å². The second-order valence-electron chi connectivity index (χ2n) is 4.77. The van der Waals surface area contributed by atoms with Crippen LogP contribution in [0.4, 0.5) is 5.69 Å². The van der Waals surface area contributed by atoms with Gasteiger partial charge in [-0.05, 0) is 43.3 Å². The molecule has 1 amide bonds. The summed E-state index contributed by atoms with van der Waals surface area (Å²) < 4.78 is 26.7.